The van der Waals surface area contributed by atoms with Crippen LogP contribution in [-0.4, -0.2) is 32.9 Å². The number of anilines is 1. The molecule has 0 saturated heterocycles. The van der Waals surface area contributed by atoms with Crippen molar-refractivity contribution in [2.24, 2.45) is 5.92 Å². The number of aliphatic hydroxyl groups excluding tert-OH is 1. The smallest absolute Gasteiger partial charge is 0.243 e. The Hall–Kier alpha value is -1.62. The Bertz CT molecular complexity index is 435. The normalized spacial score (nSPS) is 12.8. The summed E-state index contributed by atoms with van der Waals surface area (Å²) in [6, 6.07) is 5.79. The van der Waals surface area contributed by atoms with Gasteiger partial charge >= 0.3 is 0 Å². The van der Waals surface area contributed by atoms with E-state index in [1.54, 1.807) is 4.52 Å². The highest BCUT2D eigenvalue weighted by molar-refractivity contribution is 5.42. The molecule has 2 aromatic heterocycles. The Morgan fingerprint density at radius 1 is 1.47 bits per heavy atom. The van der Waals surface area contributed by atoms with Gasteiger partial charge in [0.15, 0.2) is 5.65 Å². The highest BCUT2D eigenvalue weighted by Crippen LogP contribution is 2.07. The first-order valence-electron chi connectivity index (χ1n) is 5.95. The number of rotatable bonds is 6. The molecule has 92 valence electrons. The second-order valence-corrected chi connectivity index (χ2v) is 4.30. The molecule has 2 rings (SSSR count). The second kappa shape index (κ2) is 5.63. The predicted molar refractivity (Wildman–Crippen MR) is 67.0 cm³/mol. The molecule has 2 N–H and O–H groups in total. The largest absolute Gasteiger partial charge is 0.396 e. The van der Waals surface area contributed by atoms with Gasteiger partial charge in [0.2, 0.25) is 5.95 Å². The standard InChI is InChI=1S/C12H18N4O/c1-10(9-17)5-4-7-13-12-14-11-6-2-3-8-16(11)15-12/h2-3,6,8,10,17H,4-5,7,9H2,1H3,(H,13,15). The van der Waals surface area contributed by atoms with Gasteiger partial charge in [-0.3, -0.25) is 0 Å². The lowest BCUT2D eigenvalue weighted by Gasteiger charge is -2.06. The molecule has 2 heterocycles. The van der Waals surface area contributed by atoms with Gasteiger partial charge in [-0.05, 0) is 30.9 Å². The average Bonchev–Trinajstić information content (AvgIpc) is 2.76. The molecule has 1 unspecified atom stereocenters. The van der Waals surface area contributed by atoms with E-state index in [-0.39, 0.29) is 6.61 Å². The maximum Gasteiger partial charge on any atom is 0.243 e. The Kier molecular flexibility index (Phi) is 3.93. The van der Waals surface area contributed by atoms with Crippen LogP contribution in [0.5, 0.6) is 0 Å². The molecule has 5 nitrogen and oxygen atoms in total. The minimum absolute atomic E-state index is 0.257. The zero-order valence-corrected chi connectivity index (χ0v) is 10.0. The van der Waals surface area contributed by atoms with E-state index in [1.807, 2.05) is 31.3 Å². The van der Waals surface area contributed by atoms with Crippen LogP contribution in [0.3, 0.4) is 0 Å². The van der Waals surface area contributed by atoms with Crippen molar-refractivity contribution >= 4 is 11.6 Å². The number of hydrogen-bond donors (Lipinski definition) is 2. The van der Waals surface area contributed by atoms with Crippen molar-refractivity contribution in [1.29, 1.82) is 0 Å². The van der Waals surface area contributed by atoms with E-state index < -0.39 is 0 Å². The minimum atomic E-state index is 0.257. The van der Waals surface area contributed by atoms with Gasteiger partial charge in [-0.2, -0.15) is 4.98 Å². The second-order valence-electron chi connectivity index (χ2n) is 4.30. The summed E-state index contributed by atoms with van der Waals surface area (Å²) in [5, 5.41) is 16.4. The van der Waals surface area contributed by atoms with Crippen LogP contribution in [0.2, 0.25) is 0 Å². The Labute approximate surface area is 100 Å². The molecule has 5 heteroatoms. The molecule has 0 aliphatic heterocycles. The molecule has 0 saturated carbocycles. The fourth-order valence-electron chi connectivity index (χ4n) is 1.65. The van der Waals surface area contributed by atoms with E-state index in [0.717, 1.165) is 25.0 Å². The molecular weight excluding hydrogens is 216 g/mol. The van der Waals surface area contributed by atoms with Gasteiger partial charge in [0, 0.05) is 19.3 Å². The summed E-state index contributed by atoms with van der Waals surface area (Å²) in [4.78, 5) is 4.34. The maximum atomic E-state index is 8.90. The molecule has 0 spiro atoms. The lowest BCUT2D eigenvalue weighted by Crippen LogP contribution is -2.07. The molecule has 0 bridgehead atoms. The van der Waals surface area contributed by atoms with Crippen LogP contribution in [0.4, 0.5) is 5.95 Å². The number of nitrogens with zero attached hydrogens (tertiary/aromatic N) is 3. The predicted octanol–water partition coefficient (Wildman–Crippen LogP) is 1.55. The Morgan fingerprint density at radius 2 is 2.35 bits per heavy atom. The van der Waals surface area contributed by atoms with Crippen LogP contribution in [0, 0.1) is 5.92 Å². The van der Waals surface area contributed by atoms with Crippen molar-refractivity contribution in [2.75, 3.05) is 18.5 Å². The maximum absolute atomic E-state index is 8.90. The molecule has 2 aromatic rings. The van der Waals surface area contributed by atoms with Crippen molar-refractivity contribution in [3.05, 3.63) is 24.4 Å². The van der Waals surface area contributed by atoms with Crippen LogP contribution in [-0.2, 0) is 0 Å². The third-order valence-electron chi connectivity index (χ3n) is 2.71. The molecule has 17 heavy (non-hydrogen) atoms. The molecule has 0 amide bonds. The van der Waals surface area contributed by atoms with Crippen LogP contribution in [0.25, 0.3) is 5.65 Å². The molecule has 0 radical (unpaired) electrons. The van der Waals surface area contributed by atoms with Crippen LogP contribution < -0.4 is 5.32 Å². The van der Waals surface area contributed by atoms with Gasteiger partial charge in [-0.15, -0.1) is 5.10 Å². The molecule has 0 aromatic carbocycles. The number of pyridine rings is 1. The minimum Gasteiger partial charge on any atom is -0.396 e. The number of nitrogens with one attached hydrogen (secondary N) is 1. The Morgan fingerprint density at radius 3 is 3.12 bits per heavy atom. The van der Waals surface area contributed by atoms with Crippen LogP contribution in [0.1, 0.15) is 19.8 Å². The summed E-state index contributed by atoms with van der Waals surface area (Å²) in [6.07, 6.45) is 3.90. The zero-order valence-electron chi connectivity index (χ0n) is 10.0. The third kappa shape index (κ3) is 3.17. The lowest BCUT2D eigenvalue weighted by molar-refractivity contribution is 0.229. The van der Waals surface area contributed by atoms with Gasteiger partial charge in [0.05, 0.1) is 0 Å². The molecule has 0 aliphatic rings. The number of hydrogen-bond acceptors (Lipinski definition) is 4. The van der Waals surface area contributed by atoms with Gasteiger partial charge in [-0.1, -0.05) is 13.0 Å². The van der Waals surface area contributed by atoms with E-state index in [1.165, 1.54) is 0 Å². The fraction of sp³-hybridized carbons (Fsp3) is 0.500. The zero-order chi connectivity index (χ0) is 12.1. The van der Waals surface area contributed by atoms with E-state index in [2.05, 4.69) is 15.4 Å². The van der Waals surface area contributed by atoms with Crippen LogP contribution in [0.15, 0.2) is 24.4 Å². The molecule has 0 fully saturated rings. The van der Waals surface area contributed by atoms with E-state index in [0.29, 0.717) is 11.9 Å². The topological polar surface area (TPSA) is 62.5 Å². The first-order chi connectivity index (χ1) is 8.29. The van der Waals surface area contributed by atoms with Gasteiger partial charge in [0.25, 0.3) is 0 Å². The van der Waals surface area contributed by atoms with Crippen LogP contribution >= 0.6 is 0 Å². The summed E-state index contributed by atoms with van der Waals surface area (Å²) < 4.78 is 1.75. The van der Waals surface area contributed by atoms with Gasteiger partial charge in [0.1, 0.15) is 0 Å². The van der Waals surface area contributed by atoms with E-state index >= 15 is 0 Å². The SMILES string of the molecule is CC(CO)CCCNc1nc2ccccn2n1. The number of aromatic nitrogens is 3. The summed E-state index contributed by atoms with van der Waals surface area (Å²) >= 11 is 0. The van der Waals surface area contributed by atoms with Crippen molar-refractivity contribution in [3.8, 4) is 0 Å². The van der Waals surface area contributed by atoms with E-state index in [4.69, 9.17) is 5.11 Å². The molecule has 1 atom stereocenters. The van der Waals surface area contributed by atoms with Crippen molar-refractivity contribution in [2.45, 2.75) is 19.8 Å². The summed E-state index contributed by atoms with van der Waals surface area (Å²) in [6.45, 7) is 3.14. The van der Waals surface area contributed by atoms with Crippen molar-refractivity contribution < 1.29 is 5.11 Å². The number of fused-ring (bicyclic) bond motifs is 1. The quantitative estimate of drug-likeness (QED) is 0.744. The van der Waals surface area contributed by atoms with Crippen molar-refractivity contribution in [3.63, 3.8) is 0 Å². The molecular formula is C12H18N4O. The van der Waals surface area contributed by atoms with Gasteiger partial charge < -0.3 is 10.4 Å². The number of aliphatic hydroxyl groups is 1. The first-order valence-corrected chi connectivity index (χ1v) is 5.95. The molecule has 0 aliphatic carbocycles. The first kappa shape index (κ1) is 11.9. The fourth-order valence-corrected chi connectivity index (χ4v) is 1.65. The summed E-state index contributed by atoms with van der Waals surface area (Å²) in [5.41, 5.74) is 0.846. The monoisotopic (exact) mass is 234 g/mol. The van der Waals surface area contributed by atoms with Crippen molar-refractivity contribution in [1.82, 2.24) is 14.6 Å². The highest BCUT2D eigenvalue weighted by Gasteiger charge is 2.02. The summed E-state index contributed by atoms with van der Waals surface area (Å²) in [7, 11) is 0. The van der Waals surface area contributed by atoms with Gasteiger partial charge in [-0.25, -0.2) is 4.52 Å². The average molecular weight is 234 g/mol. The highest BCUT2D eigenvalue weighted by atomic mass is 16.3. The summed E-state index contributed by atoms with van der Waals surface area (Å²) in [5.74, 6) is 1.03. The Balaban J connectivity index is 1.83. The third-order valence-corrected chi connectivity index (χ3v) is 2.71. The van der Waals surface area contributed by atoms with E-state index in [9.17, 15) is 0 Å². The lowest BCUT2D eigenvalue weighted by atomic mass is 10.1.